The van der Waals surface area contributed by atoms with Gasteiger partial charge in [-0.1, -0.05) is 78.5 Å². The molecule has 5 rings (SSSR count). The number of nitrogens with one attached hydrogen (secondary N) is 2. The van der Waals surface area contributed by atoms with Gasteiger partial charge in [0.25, 0.3) is 17.2 Å². The van der Waals surface area contributed by atoms with Crippen molar-refractivity contribution in [2.75, 3.05) is 40.6 Å². The van der Waals surface area contributed by atoms with Crippen molar-refractivity contribution >= 4 is 23.1 Å². The molecule has 0 fully saturated rings. The van der Waals surface area contributed by atoms with Crippen LogP contribution in [0.2, 0.25) is 0 Å². The second-order valence-electron chi connectivity index (χ2n) is 15.3. The summed E-state index contributed by atoms with van der Waals surface area (Å²) in [5.74, 6) is -1.06. The third kappa shape index (κ3) is 20.4. The van der Waals surface area contributed by atoms with Crippen molar-refractivity contribution in [2.45, 2.75) is 119 Å². The normalized spacial score (nSPS) is 11.2. The first-order valence-electron chi connectivity index (χ1n) is 23.0. The molecule has 19 heteroatoms. The number of aryl methyl sites for hydroxylation is 5. The molecule has 5 aromatic rings. The Bertz CT molecular complexity index is 2400. The van der Waals surface area contributed by atoms with Crippen molar-refractivity contribution in [2.24, 2.45) is 11.5 Å². The highest BCUT2D eigenvalue weighted by Gasteiger charge is 2.29. The fourth-order valence-corrected chi connectivity index (χ4v) is 5.88. The fourth-order valence-electron chi connectivity index (χ4n) is 5.88. The Morgan fingerprint density at radius 3 is 1.97 bits per heavy atom. The van der Waals surface area contributed by atoms with Crippen molar-refractivity contribution in [3.05, 3.63) is 122 Å². The molecular weight excluding hydrogens is 887 g/mol. The van der Waals surface area contributed by atoms with Gasteiger partial charge in [0.15, 0.2) is 0 Å². The summed E-state index contributed by atoms with van der Waals surface area (Å²) in [5.41, 5.74) is 18.5. The van der Waals surface area contributed by atoms with Gasteiger partial charge in [-0.25, -0.2) is 19.7 Å². The maximum atomic E-state index is 12.9. The number of nitrogens with zero attached hydrogens (tertiary/aromatic N) is 5. The number of benzene rings is 1. The minimum atomic E-state index is -1.01. The van der Waals surface area contributed by atoms with Crippen molar-refractivity contribution < 1.29 is 43.8 Å². The van der Waals surface area contributed by atoms with Crippen molar-refractivity contribution in [1.82, 2.24) is 34.6 Å². The lowest BCUT2D eigenvalue weighted by Crippen LogP contribution is -2.37. The number of hydrogen-bond acceptors (Lipinski definition) is 15. The monoisotopic (exact) mass is 962 g/mol. The van der Waals surface area contributed by atoms with Gasteiger partial charge in [0.2, 0.25) is 17.7 Å². The average molecular weight is 962 g/mol. The van der Waals surface area contributed by atoms with Crippen LogP contribution in [0.3, 0.4) is 0 Å². The lowest BCUT2D eigenvalue weighted by Gasteiger charge is -2.13. The third-order valence-corrected chi connectivity index (χ3v) is 10.2. The number of carbonyl (C=O) groups is 3. The molecule has 2 unspecified atom stereocenters. The highest BCUT2D eigenvalue weighted by Crippen LogP contribution is 2.33. The molecule has 0 saturated carbocycles. The molecule has 19 nitrogen and oxygen atoms in total. The van der Waals surface area contributed by atoms with E-state index in [4.69, 9.17) is 36.0 Å². The Kier molecular flexibility index (Phi) is 29.2. The van der Waals surface area contributed by atoms with Crippen molar-refractivity contribution in [1.29, 1.82) is 0 Å². The lowest BCUT2D eigenvalue weighted by molar-refractivity contribution is -0.275. The number of aromatic nitrogens is 6. The smallest absolute Gasteiger partial charge is 0.289 e. The second-order valence-corrected chi connectivity index (χ2v) is 15.3. The standard InChI is InChI=1S/C23H27N3O5.C8H12N2O.C8H15NO2.C7H10N2O.C4H11NO/c1-4-16-14-26-18(13-15-9-7-6-8-10-15)17(5-2)19(21(27)22(24)28)20(26)23(25-16)30-11-12-31-29-3;1-4-7-5-9-6(2)8(10-7)11-3;1-4-7(5-10)9-8(11)6(2)3;1-3-6-4-8-5(2)7(10)9-6;1-2-4(5)3-6/h6-10,14H,4-5,11-13H2,1-3H3,(H2,24,28);5H,4H2,1-3H3;7,10H,2,4-5H2,1,3H3,(H,9,11);4H,3H2,1-2H3,(H,9,10);4,6H,2-3,5H2,1H3. The Labute approximate surface area is 406 Å². The maximum Gasteiger partial charge on any atom is 0.289 e. The van der Waals surface area contributed by atoms with Gasteiger partial charge in [-0.2, -0.15) is 0 Å². The quantitative estimate of drug-likeness (QED) is 0.0152. The molecule has 0 aliphatic carbocycles. The number of aliphatic hydroxyl groups excluding tert-OH is 2. The predicted octanol–water partition coefficient (Wildman–Crippen LogP) is 4.84. The largest absolute Gasteiger partial charge is 0.480 e. The number of Topliss-reactive ketones (excluding diaryl/α,β-unsaturated/α-hetero) is 1. The summed E-state index contributed by atoms with van der Waals surface area (Å²) in [7, 11) is 3.02. The van der Waals surface area contributed by atoms with Gasteiger partial charge in [0.1, 0.15) is 24.4 Å². The van der Waals surface area contributed by atoms with E-state index in [9.17, 15) is 19.2 Å². The van der Waals surface area contributed by atoms with E-state index < -0.39 is 11.7 Å². The Balaban J connectivity index is 0.000000510. The highest BCUT2D eigenvalue weighted by atomic mass is 17.2. The number of amides is 2. The molecular formula is C50H75N9O10. The number of nitrogens with two attached hydrogens (primary N) is 2. The number of carbonyl (C=O) groups excluding carboxylic acids is 3. The predicted molar refractivity (Wildman–Crippen MR) is 266 cm³/mol. The van der Waals surface area contributed by atoms with Gasteiger partial charge in [-0.3, -0.25) is 29.1 Å². The summed E-state index contributed by atoms with van der Waals surface area (Å²) in [6.07, 6.45) is 10.5. The van der Waals surface area contributed by atoms with Gasteiger partial charge in [0, 0.05) is 48.0 Å². The van der Waals surface area contributed by atoms with Crippen LogP contribution >= 0.6 is 0 Å². The van der Waals surface area contributed by atoms with Crippen LogP contribution in [-0.4, -0.2) is 110 Å². The van der Waals surface area contributed by atoms with Gasteiger partial charge < -0.3 is 45.9 Å². The number of ether oxygens (including phenoxy) is 2. The van der Waals surface area contributed by atoms with E-state index in [0.29, 0.717) is 41.9 Å². The number of primary amides is 1. The molecule has 4 aromatic heterocycles. The van der Waals surface area contributed by atoms with Crippen LogP contribution in [0.5, 0.6) is 11.8 Å². The van der Waals surface area contributed by atoms with E-state index in [-0.39, 0.29) is 61.4 Å². The van der Waals surface area contributed by atoms with Crippen molar-refractivity contribution in [3.8, 4) is 11.8 Å². The van der Waals surface area contributed by atoms with Crippen LogP contribution in [-0.2, 0) is 51.5 Å². The van der Waals surface area contributed by atoms with Crippen LogP contribution < -0.4 is 31.8 Å². The minimum Gasteiger partial charge on any atom is -0.480 e. The van der Waals surface area contributed by atoms with Gasteiger partial charge in [-0.05, 0) is 70.4 Å². The van der Waals surface area contributed by atoms with Gasteiger partial charge >= 0.3 is 0 Å². The number of H-pyrrole nitrogens is 1. The molecule has 0 spiro atoms. The van der Waals surface area contributed by atoms with Gasteiger partial charge in [0.05, 0.1) is 56.1 Å². The summed E-state index contributed by atoms with van der Waals surface area (Å²) in [5, 5.41) is 19.5. The lowest BCUT2D eigenvalue weighted by atomic mass is 9.99. The molecule has 0 radical (unpaired) electrons. The summed E-state index contributed by atoms with van der Waals surface area (Å²) in [4.78, 5) is 75.6. The van der Waals surface area contributed by atoms with Crippen molar-refractivity contribution in [3.63, 3.8) is 0 Å². The fraction of sp³-hybridized carbons (Fsp3) is 0.480. The summed E-state index contributed by atoms with van der Waals surface area (Å²) in [6.45, 7) is 20.9. The van der Waals surface area contributed by atoms with Crippen LogP contribution in [0.15, 0.2) is 65.9 Å². The number of ketones is 1. The summed E-state index contributed by atoms with van der Waals surface area (Å²) < 4.78 is 12.8. The third-order valence-electron chi connectivity index (χ3n) is 10.2. The van der Waals surface area contributed by atoms with Crippen LogP contribution in [0.4, 0.5) is 0 Å². The maximum absolute atomic E-state index is 12.9. The topological polar surface area (TPSA) is 281 Å². The molecule has 0 bridgehead atoms. The van der Waals surface area contributed by atoms with Crippen LogP contribution in [0.25, 0.3) is 5.52 Å². The van der Waals surface area contributed by atoms with E-state index in [2.05, 4.69) is 41.7 Å². The van der Waals surface area contributed by atoms with Gasteiger partial charge in [-0.15, -0.1) is 0 Å². The number of aliphatic hydroxyl groups is 2. The molecule has 0 aliphatic heterocycles. The zero-order valence-electron chi connectivity index (χ0n) is 42.3. The average Bonchev–Trinajstić information content (AvgIpc) is 3.68. The highest BCUT2D eigenvalue weighted by molar-refractivity contribution is 6.44. The number of aromatic amines is 1. The molecule has 2 amide bonds. The van der Waals surface area contributed by atoms with E-state index >= 15 is 0 Å². The zero-order valence-corrected chi connectivity index (χ0v) is 42.3. The molecule has 0 aliphatic rings. The summed E-state index contributed by atoms with van der Waals surface area (Å²) in [6, 6.07) is 9.79. The zero-order chi connectivity index (χ0) is 52.1. The molecule has 69 heavy (non-hydrogen) atoms. The summed E-state index contributed by atoms with van der Waals surface area (Å²) >= 11 is 0. The first kappa shape index (κ1) is 60.6. The first-order valence-corrected chi connectivity index (χ1v) is 23.0. The van der Waals surface area contributed by atoms with E-state index in [0.717, 1.165) is 65.3 Å². The van der Waals surface area contributed by atoms with Crippen LogP contribution in [0.1, 0.15) is 117 Å². The minimum absolute atomic E-state index is 0.00926. The number of methoxy groups -OCH3 is 1. The number of hydrogen-bond donors (Lipinski definition) is 6. The van der Waals surface area contributed by atoms with E-state index in [1.165, 1.54) is 7.11 Å². The Morgan fingerprint density at radius 2 is 1.49 bits per heavy atom. The van der Waals surface area contributed by atoms with E-state index in [1.807, 2.05) is 89.4 Å². The number of fused-ring (bicyclic) bond motifs is 1. The first-order chi connectivity index (χ1) is 32.9. The Morgan fingerprint density at radius 1 is 0.855 bits per heavy atom. The molecule has 8 N–H and O–H groups in total. The molecule has 4 heterocycles. The van der Waals surface area contributed by atoms with Crippen LogP contribution in [0, 0.1) is 13.8 Å². The number of rotatable bonds is 20. The SMILES string of the molecule is C=C(C)C(=O)NC(CC)CO.CCC(N)CO.CCc1cn2c(Cc3ccccc3)c(CC)c(C(=O)C(N)=O)c2c(OCCOOC)n1.CCc1cnc(C)c(=O)[nH]1.CCc1cnc(C)c(OC)n1. The molecule has 2 atom stereocenters. The molecule has 0 saturated heterocycles. The molecule has 380 valence electrons. The molecule has 1 aromatic carbocycles. The Hall–Kier alpha value is -6.38. The second kappa shape index (κ2) is 33.2. The van der Waals surface area contributed by atoms with E-state index in [1.54, 1.807) is 33.4 Å².